The van der Waals surface area contributed by atoms with Crippen LogP contribution in [0.4, 0.5) is 10.8 Å². The molecule has 9 nitrogen and oxygen atoms in total. The number of amides is 1. The van der Waals surface area contributed by atoms with Crippen LogP contribution in [0.2, 0.25) is 0 Å². The third-order valence-corrected chi connectivity index (χ3v) is 7.78. The number of piperidine rings is 1. The molecule has 2 aliphatic rings. The summed E-state index contributed by atoms with van der Waals surface area (Å²) in [4.78, 5) is 27.9. The maximum Gasteiger partial charge on any atom is 0.264 e. The molecule has 6 heterocycles. The molecule has 10 heteroatoms. The molecule has 0 radical (unpaired) electrons. The monoisotopic (exact) mass is 476 g/mol. The molecule has 2 saturated heterocycles. The van der Waals surface area contributed by atoms with Crippen molar-refractivity contribution in [3.05, 3.63) is 47.5 Å². The van der Waals surface area contributed by atoms with Crippen LogP contribution in [0.5, 0.6) is 0 Å². The van der Waals surface area contributed by atoms with E-state index in [1.165, 1.54) is 30.6 Å². The van der Waals surface area contributed by atoms with Gasteiger partial charge in [-0.15, -0.1) is 11.3 Å². The Morgan fingerprint density at radius 3 is 2.68 bits per heavy atom. The molecule has 0 saturated carbocycles. The van der Waals surface area contributed by atoms with Crippen LogP contribution in [0.25, 0.3) is 16.9 Å². The number of carbonyl (C=O) groups excluding carboxylic acids is 1. The fraction of sp³-hybridized carbons (Fsp3) is 0.417. The van der Waals surface area contributed by atoms with Crippen molar-refractivity contribution < 1.29 is 4.79 Å². The highest BCUT2D eigenvalue weighted by atomic mass is 32.1. The highest BCUT2D eigenvalue weighted by Crippen LogP contribution is 2.34. The smallest absolute Gasteiger partial charge is 0.264 e. The van der Waals surface area contributed by atoms with Gasteiger partial charge in [-0.2, -0.15) is 5.10 Å². The Hall–Kier alpha value is -3.24. The molecule has 0 bridgehead atoms. The van der Waals surface area contributed by atoms with E-state index in [0.717, 1.165) is 77.9 Å². The van der Waals surface area contributed by atoms with Gasteiger partial charge in [-0.1, -0.05) is 0 Å². The normalized spacial score (nSPS) is 17.0. The van der Waals surface area contributed by atoms with Crippen LogP contribution < -0.4 is 5.32 Å². The van der Waals surface area contributed by atoms with Gasteiger partial charge in [-0.3, -0.25) is 19.2 Å². The second kappa shape index (κ2) is 9.19. The predicted octanol–water partition coefficient (Wildman–Crippen LogP) is 4.15. The minimum absolute atomic E-state index is 0.168. The van der Waals surface area contributed by atoms with Crippen molar-refractivity contribution in [1.82, 2.24) is 34.4 Å². The minimum Gasteiger partial charge on any atom is -0.338 e. The molecular formula is C24H28N8OS. The molecule has 0 spiro atoms. The number of aromatic amines is 1. The van der Waals surface area contributed by atoms with Crippen LogP contribution >= 0.6 is 11.3 Å². The molecule has 1 amide bonds. The van der Waals surface area contributed by atoms with Crippen LogP contribution in [0, 0.1) is 0 Å². The van der Waals surface area contributed by atoms with Crippen LogP contribution in [-0.2, 0) is 6.54 Å². The number of hydrogen-bond donors (Lipinski definition) is 2. The SMILES string of the molecule is O=C(c1sc(Nc2nccn3c(-c4cn[nH]c4)cnc23)cc1CN1CCCC1)N1CCCCC1. The van der Waals surface area contributed by atoms with Gasteiger partial charge in [0.15, 0.2) is 11.5 Å². The Bertz CT molecular complexity index is 1280. The Kier molecular flexibility index (Phi) is 5.76. The lowest BCUT2D eigenvalue weighted by atomic mass is 10.1. The number of rotatable bonds is 6. The molecule has 2 aliphatic heterocycles. The highest BCUT2D eigenvalue weighted by molar-refractivity contribution is 7.18. The number of H-pyrrole nitrogens is 1. The third kappa shape index (κ3) is 4.07. The summed E-state index contributed by atoms with van der Waals surface area (Å²) >= 11 is 1.53. The number of hydrogen-bond acceptors (Lipinski definition) is 7. The van der Waals surface area contributed by atoms with Crippen molar-refractivity contribution in [2.75, 3.05) is 31.5 Å². The van der Waals surface area contributed by atoms with Crippen molar-refractivity contribution in [3.63, 3.8) is 0 Å². The fourth-order valence-electron chi connectivity index (χ4n) is 4.94. The molecule has 4 aromatic heterocycles. The Morgan fingerprint density at radius 1 is 1.06 bits per heavy atom. The van der Waals surface area contributed by atoms with E-state index >= 15 is 0 Å². The average molecular weight is 477 g/mol. The van der Waals surface area contributed by atoms with Gasteiger partial charge < -0.3 is 10.2 Å². The highest BCUT2D eigenvalue weighted by Gasteiger charge is 2.25. The zero-order valence-corrected chi connectivity index (χ0v) is 19.9. The van der Waals surface area contributed by atoms with Gasteiger partial charge in [0.2, 0.25) is 0 Å². The first-order valence-corrected chi connectivity index (χ1v) is 12.8. The molecule has 0 unspecified atom stereocenters. The van der Waals surface area contributed by atoms with Gasteiger partial charge in [0.1, 0.15) is 0 Å². The van der Waals surface area contributed by atoms with Gasteiger partial charge >= 0.3 is 0 Å². The van der Waals surface area contributed by atoms with Crippen molar-refractivity contribution in [3.8, 4) is 11.3 Å². The molecular weight excluding hydrogens is 448 g/mol. The van der Waals surface area contributed by atoms with Gasteiger partial charge in [0.05, 0.1) is 28.0 Å². The summed E-state index contributed by atoms with van der Waals surface area (Å²) in [5.41, 5.74) is 3.75. The zero-order chi connectivity index (χ0) is 22.9. The second-order valence-electron chi connectivity index (χ2n) is 9.03. The summed E-state index contributed by atoms with van der Waals surface area (Å²) in [6, 6.07) is 2.13. The first kappa shape index (κ1) is 21.3. The number of anilines is 2. The van der Waals surface area contributed by atoms with E-state index in [4.69, 9.17) is 0 Å². The number of thiophene rings is 1. The number of carbonyl (C=O) groups is 1. The summed E-state index contributed by atoms with van der Waals surface area (Å²) in [6.07, 6.45) is 15.0. The van der Waals surface area contributed by atoms with Crippen LogP contribution in [-0.4, -0.2) is 66.5 Å². The number of fused-ring (bicyclic) bond motifs is 1. The second-order valence-corrected chi connectivity index (χ2v) is 10.1. The molecule has 2 fully saturated rings. The van der Waals surface area contributed by atoms with Crippen molar-refractivity contribution in [1.29, 1.82) is 0 Å². The lowest BCUT2D eigenvalue weighted by Crippen LogP contribution is -2.35. The predicted molar refractivity (Wildman–Crippen MR) is 132 cm³/mol. The molecule has 0 atom stereocenters. The summed E-state index contributed by atoms with van der Waals surface area (Å²) in [5.74, 6) is 0.837. The third-order valence-electron chi connectivity index (χ3n) is 6.70. The summed E-state index contributed by atoms with van der Waals surface area (Å²) in [7, 11) is 0. The summed E-state index contributed by atoms with van der Waals surface area (Å²) in [5, 5.41) is 11.3. The largest absolute Gasteiger partial charge is 0.338 e. The zero-order valence-electron chi connectivity index (χ0n) is 19.0. The van der Waals surface area contributed by atoms with E-state index in [-0.39, 0.29) is 5.91 Å². The lowest BCUT2D eigenvalue weighted by molar-refractivity contribution is 0.0727. The maximum atomic E-state index is 13.5. The number of aromatic nitrogens is 5. The number of nitrogens with zero attached hydrogens (tertiary/aromatic N) is 6. The van der Waals surface area contributed by atoms with Crippen LogP contribution in [0.3, 0.4) is 0 Å². The Labute approximate surface area is 201 Å². The molecule has 2 N–H and O–H groups in total. The van der Waals surface area contributed by atoms with E-state index in [0.29, 0.717) is 5.82 Å². The van der Waals surface area contributed by atoms with E-state index in [9.17, 15) is 4.79 Å². The first-order valence-electron chi connectivity index (χ1n) is 12.0. The average Bonchev–Trinajstić information content (AvgIpc) is 3.66. The van der Waals surface area contributed by atoms with Crippen molar-refractivity contribution in [2.24, 2.45) is 0 Å². The van der Waals surface area contributed by atoms with E-state index < -0.39 is 0 Å². The standard InChI is InChI=1S/C24H28N8OS/c33-24(31-9-2-1-3-10-31)21-17(16-30-7-4-5-8-30)12-20(34-21)29-22-23-26-15-19(18-13-27-28-14-18)32(23)11-6-25-22/h6,11-15H,1-5,7-10,16H2,(H,25,29)(H,27,28). The Morgan fingerprint density at radius 2 is 1.88 bits per heavy atom. The molecule has 0 aliphatic carbocycles. The molecule has 176 valence electrons. The molecule has 0 aromatic carbocycles. The van der Waals surface area contributed by atoms with E-state index in [1.807, 2.05) is 27.9 Å². The lowest BCUT2D eigenvalue weighted by Gasteiger charge is -2.27. The topological polar surface area (TPSA) is 94.5 Å². The summed E-state index contributed by atoms with van der Waals surface area (Å²) < 4.78 is 2.00. The quantitative estimate of drug-likeness (QED) is 0.434. The first-order chi connectivity index (χ1) is 16.8. The van der Waals surface area contributed by atoms with E-state index in [2.05, 4.69) is 36.4 Å². The summed E-state index contributed by atoms with van der Waals surface area (Å²) in [6.45, 7) is 4.73. The van der Waals surface area contributed by atoms with Gasteiger partial charge in [0.25, 0.3) is 5.91 Å². The Balaban J connectivity index is 1.32. The number of imidazole rings is 1. The molecule has 4 aromatic rings. The minimum atomic E-state index is 0.168. The van der Waals surface area contributed by atoms with Crippen molar-refractivity contribution >= 4 is 33.7 Å². The van der Waals surface area contributed by atoms with Gasteiger partial charge in [-0.25, -0.2) is 9.97 Å². The molecule has 6 rings (SSSR count). The fourth-order valence-corrected chi connectivity index (χ4v) is 5.98. The van der Waals surface area contributed by atoms with Crippen molar-refractivity contribution in [2.45, 2.75) is 38.6 Å². The van der Waals surface area contributed by atoms with E-state index in [1.54, 1.807) is 12.4 Å². The molecule has 34 heavy (non-hydrogen) atoms. The number of likely N-dealkylation sites (tertiary alicyclic amines) is 2. The van der Waals surface area contributed by atoms with Crippen LogP contribution in [0.15, 0.2) is 37.1 Å². The van der Waals surface area contributed by atoms with Crippen LogP contribution in [0.1, 0.15) is 47.3 Å². The number of nitrogens with one attached hydrogen (secondary N) is 2. The maximum absolute atomic E-state index is 13.5. The van der Waals surface area contributed by atoms with Gasteiger partial charge in [0, 0.05) is 43.8 Å². The van der Waals surface area contributed by atoms with Gasteiger partial charge in [-0.05, 0) is 56.8 Å².